The van der Waals surface area contributed by atoms with Crippen molar-refractivity contribution < 1.29 is 27.9 Å². The van der Waals surface area contributed by atoms with Crippen molar-refractivity contribution in [3.63, 3.8) is 0 Å². The highest BCUT2D eigenvalue weighted by atomic mass is 35.5. The van der Waals surface area contributed by atoms with Crippen molar-refractivity contribution in [2.75, 3.05) is 0 Å². The number of carbonyl (C=O) groups excluding carboxylic acids is 1. The molecule has 2 rings (SSSR count). The van der Waals surface area contributed by atoms with Crippen LogP contribution in [0.2, 0.25) is 10.0 Å². The highest BCUT2D eigenvalue weighted by Gasteiger charge is 2.30. The summed E-state index contributed by atoms with van der Waals surface area (Å²) in [6, 6.07) is 6.83. The van der Waals surface area contributed by atoms with Gasteiger partial charge in [-0.2, -0.15) is 13.2 Å². The van der Waals surface area contributed by atoms with Gasteiger partial charge in [0.1, 0.15) is 6.04 Å². The fourth-order valence-corrected chi connectivity index (χ4v) is 2.55. The minimum atomic E-state index is -4.48. The van der Waals surface area contributed by atoms with Crippen molar-refractivity contribution in [2.24, 2.45) is 0 Å². The van der Waals surface area contributed by atoms with Crippen molar-refractivity contribution in [1.82, 2.24) is 5.32 Å². The van der Waals surface area contributed by atoms with E-state index in [9.17, 15) is 27.9 Å². The van der Waals surface area contributed by atoms with Crippen LogP contribution in [0.25, 0.3) is 0 Å². The Balaban J connectivity index is 2.15. The van der Waals surface area contributed by atoms with E-state index in [0.717, 1.165) is 24.3 Å². The van der Waals surface area contributed by atoms with Crippen LogP contribution < -0.4 is 5.32 Å². The number of halogens is 5. The molecule has 0 aliphatic rings. The Labute approximate surface area is 156 Å². The van der Waals surface area contributed by atoms with Crippen LogP contribution in [-0.4, -0.2) is 23.0 Å². The van der Waals surface area contributed by atoms with Crippen molar-refractivity contribution in [3.05, 3.63) is 69.2 Å². The average molecular weight is 406 g/mol. The third-order valence-electron chi connectivity index (χ3n) is 3.50. The fraction of sp³-hybridized carbons (Fsp3) is 0.176. The maximum Gasteiger partial charge on any atom is 0.416 e. The molecule has 26 heavy (non-hydrogen) atoms. The molecule has 0 fully saturated rings. The maximum absolute atomic E-state index is 12.6. The van der Waals surface area contributed by atoms with Gasteiger partial charge in [0.2, 0.25) is 0 Å². The first-order chi connectivity index (χ1) is 12.1. The molecule has 0 bridgehead atoms. The number of alkyl halides is 3. The van der Waals surface area contributed by atoms with Gasteiger partial charge in [-0.05, 0) is 35.9 Å². The summed E-state index contributed by atoms with van der Waals surface area (Å²) in [5.74, 6) is -2.09. The summed E-state index contributed by atoms with van der Waals surface area (Å²) in [5, 5.41) is 11.9. The van der Waals surface area contributed by atoms with E-state index in [1.807, 2.05) is 0 Å². The van der Waals surface area contributed by atoms with E-state index in [1.165, 1.54) is 18.2 Å². The van der Waals surface area contributed by atoms with Crippen LogP contribution in [0.15, 0.2) is 42.5 Å². The maximum atomic E-state index is 12.6. The Morgan fingerprint density at radius 1 is 1.08 bits per heavy atom. The molecular weight excluding hydrogens is 394 g/mol. The van der Waals surface area contributed by atoms with Gasteiger partial charge in [-0.15, -0.1) is 0 Å². The van der Waals surface area contributed by atoms with Gasteiger partial charge >= 0.3 is 12.1 Å². The van der Waals surface area contributed by atoms with Gasteiger partial charge in [0.15, 0.2) is 0 Å². The molecule has 1 amide bonds. The minimum absolute atomic E-state index is 0.00200. The molecule has 138 valence electrons. The van der Waals surface area contributed by atoms with Crippen molar-refractivity contribution in [1.29, 1.82) is 0 Å². The number of benzene rings is 2. The highest BCUT2D eigenvalue weighted by molar-refractivity contribution is 6.35. The second-order valence-corrected chi connectivity index (χ2v) is 6.23. The van der Waals surface area contributed by atoms with Gasteiger partial charge < -0.3 is 10.4 Å². The number of nitrogens with one attached hydrogen (secondary N) is 1. The quantitative estimate of drug-likeness (QED) is 0.772. The smallest absolute Gasteiger partial charge is 0.416 e. The van der Waals surface area contributed by atoms with Crippen molar-refractivity contribution in [3.8, 4) is 0 Å². The van der Waals surface area contributed by atoms with Crippen LogP contribution >= 0.6 is 23.2 Å². The first-order valence-corrected chi connectivity index (χ1v) is 7.98. The zero-order valence-electron chi connectivity index (χ0n) is 13.0. The van der Waals surface area contributed by atoms with Crippen LogP contribution in [0.3, 0.4) is 0 Å². The zero-order valence-corrected chi connectivity index (χ0v) is 14.5. The number of carbonyl (C=O) groups is 2. The molecule has 0 aliphatic heterocycles. The first kappa shape index (κ1) is 20.1. The van der Waals surface area contributed by atoms with Crippen LogP contribution in [-0.2, 0) is 17.4 Å². The van der Waals surface area contributed by atoms with Gasteiger partial charge in [0.25, 0.3) is 5.91 Å². The number of carboxylic acid groups (broad SMARTS) is 1. The van der Waals surface area contributed by atoms with E-state index in [-0.39, 0.29) is 22.0 Å². The Kier molecular flexibility index (Phi) is 6.15. The van der Waals surface area contributed by atoms with Gasteiger partial charge in [-0.3, -0.25) is 4.79 Å². The molecule has 2 N–H and O–H groups in total. The lowest BCUT2D eigenvalue weighted by Gasteiger charge is -2.16. The molecule has 0 saturated heterocycles. The van der Waals surface area contributed by atoms with E-state index in [1.54, 1.807) is 0 Å². The molecule has 1 atom stereocenters. The summed E-state index contributed by atoms with van der Waals surface area (Å²) in [4.78, 5) is 23.6. The molecule has 0 radical (unpaired) electrons. The minimum Gasteiger partial charge on any atom is -0.480 e. The predicted molar refractivity (Wildman–Crippen MR) is 90.5 cm³/mol. The lowest BCUT2D eigenvalue weighted by atomic mass is 10.0. The largest absolute Gasteiger partial charge is 0.480 e. The molecule has 0 saturated carbocycles. The molecular formula is C17H12Cl2F3NO3. The SMILES string of the molecule is O=C(NC(Cc1ccc(C(F)(F)F)cc1)C(=O)O)c1cc(Cl)ccc1Cl. The Morgan fingerprint density at radius 3 is 2.23 bits per heavy atom. The molecule has 0 aliphatic carbocycles. The summed E-state index contributed by atoms with van der Waals surface area (Å²) in [5.41, 5.74) is -0.524. The zero-order chi connectivity index (χ0) is 19.5. The van der Waals surface area contributed by atoms with Crippen LogP contribution in [0.4, 0.5) is 13.2 Å². The molecule has 2 aromatic carbocycles. The summed E-state index contributed by atoms with van der Waals surface area (Å²) < 4.78 is 37.7. The highest BCUT2D eigenvalue weighted by Crippen LogP contribution is 2.29. The first-order valence-electron chi connectivity index (χ1n) is 7.23. The van der Waals surface area contributed by atoms with Gasteiger partial charge in [-0.25, -0.2) is 4.79 Å². The summed E-state index contributed by atoms with van der Waals surface area (Å²) in [7, 11) is 0. The van der Waals surface area contributed by atoms with Gasteiger partial charge in [-0.1, -0.05) is 35.3 Å². The molecule has 0 aromatic heterocycles. The number of amides is 1. The van der Waals surface area contributed by atoms with E-state index in [2.05, 4.69) is 5.32 Å². The topological polar surface area (TPSA) is 66.4 Å². The van der Waals surface area contributed by atoms with E-state index in [4.69, 9.17) is 23.2 Å². The fourth-order valence-electron chi connectivity index (χ4n) is 2.17. The van der Waals surface area contributed by atoms with Crippen molar-refractivity contribution >= 4 is 35.1 Å². The van der Waals surface area contributed by atoms with E-state index >= 15 is 0 Å². The normalized spacial score (nSPS) is 12.5. The average Bonchev–Trinajstić information content (AvgIpc) is 2.56. The number of aliphatic carboxylic acids is 1. The number of hydrogen-bond donors (Lipinski definition) is 2. The van der Waals surface area contributed by atoms with E-state index in [0.29, 0.717) is 5.56 Å². The molecule has 0 heterocycles. The molecule has 1 unspecified atom stereocenters. The predicted octanol–water partition coefficient (Wildman–Crippen LogP) is 4.44. The second kappa shape index (κ2) is 7.97. The summed E-state index contributed by atoms with van der Waals surface area (Å²) in [6.45, 7) is 0. The molecule has 9 heteroatoms. The van der Waals surface area contributed by atoms with Gasteiger partial charge in [0.05, 0.1) is 16.1 Å². The Hall–Kier alpha value is -2.25. The lowest BCUT2D eigenvalue weighted by molar-refractivity contribution is -0.139. The van der Waals surface area contributed by atoms with Gasteiger partial charge in [0, 0.05) is 11.4 Å². The molecule has 4 nitrogen and oxygen atoms in total. The molecule has 2 aromatic rings. The third kappa shape index (κ3) is 5.12. The number of carboxylic acids is 1. The second-order valence-electron chi connectivity index (χ2n) is 5.39. The summed E-state index contributed by atoms with van der Waals surface area (Å²) in [6.07, 6.45) is -4.68. The van der Waals surface area contributed by atoms with Crippen LogP contribution in [0.5, 0.6) is 0 Å². The summed E-state index contributed by atoms with van der Waals surface area (Å²) >= 11 is 11.7. The standard InChI is InChI=1S/C17H12Cl2F3NO3/c18-11-5-6-13(19)12(8-11)15(24)23-14(16(25)26)7-9-1-3-10(4-2-9)17(20,21)22/h1-6,8,14H,7H2,(H,23,24)(H,25,26). The molecule has 0 spiro atoms. The number of rotatable bonds is 5. The van der Waals surface area contributed by atoms with Crippen molar-refractivity contribution in [2.45, 2.75) is 18.6 Å². The number of hydrogen-bond acceptors (Lipinski definition) is 2. The lowest BCUT2D eigenvalue weighted by Crippen LogP contribution is -2.42. The third-order valence-corrected chi connectivity index (χ3v) is 4.06. The monoisotopic (exact) mass is 405 g/mol. The van der Waals surface area contributed by atoms with Crippen LogP contribution in [0.1, 0.15) is 21.5 Å². The van der Waals surface area contributed by atoms with Crippen LogP contribution in [0, 0.1) is 0 Å². The Morgan fingerprint density at radius 2 is 1.69 bits per heavy atom. The Bertz CT molecular complexity index is 823. The van der Waals surface area contributed by atoms with E-state index < -0.39 is 29.7 Å².